The zero-order chi connectivity index (χ0) is 20.2. The van der Waals surface area contributed by atoms with E-state index in [9.17, 15) is 9.59 Å². The number of amides is 2. The van der Waals surface area contributed by atoms with E-state index in [0.717, 1.165) is 43.6 Å². The summed E-state index contributed by atoms with van der Waals surface area (Å²) in [5, 5.41) is 0. The van der Waals surface area contributed by atoms with Crippen molar-refractivity contribution < 1.29 is 9.59 Å². The van der Waals surface area contributed by atoms with E-state index in [4.69, 9.17) is 0 Å². The van der Waals surface area contributed by atoms with Crippen molar-refractivity contribution >= 4 is 11.8 Å². The first kappa shape index (κ1) is 19.7. The first-order valence-corrected chi connectivity index (χ1v) is 10.9. The largest absolute Gasteiger partial charge is 0.342 e. The van der Waals surface area contributed by atoms with Gasteiger partial charge in [0.15, 0.2) is 0 Å². The van der Waals surface area contributed by atoms with Crippen molar-refractivity contribution in [3.05, 3.63) is 54.4 Å². The summed E-state index contributed by atoms with van der Waals surface area (Å²) in [6.07, 6.45) is 8.38. The van der Waals surface area contributed by atoms with Gasteiger partial charge in [-0.3, -0.25) is 9.59 Å². The predicted molar refractivity (Wildman–Crippen MR) is 114 cm³/mol. The van der Waals surface area contributed by atoms with Gasteiger partial charge in [-0.05, 0) is 61.4 Å². The Kier molecular flexibility index (Phi) is 6.02. The van der Waals surface area contributed by atoms with Crippen LogP contribution in [0.4, 0.5) is 0 Å². The summed E-state index contributed by atoms with van der Waals surface area (Å²) in [7, 11) is 0. The molecule has 0 spiro atoms. The minimum atomic E-state index is 0.0882. The van der Waals surface area contributed by atoms with Crippen molar-refractivity contribution in [1.82, 2.24) is 14.4 Å². The molecule has 154 valence electrons. The van der Waals surface area contributed by atoms with Gasteiger partial charge in [0, 0.05) is 50.2 Å². The Bertz CT molecular complexity index is 820. The molecular formula is C24H31N3O2. The van der Waals surface area contributed by atoms with E-state index in [1.807, 2.05) is 53.7 Å². The maximum absolute atomic E-state index is 12.8. The highest BCUT2D eigenvalue weighted by atomic mass is 16.2. The number of benzene rings is 1. The Hall–Kier alpha value is -2.56. The minimum absolute atomic E-state index is 0.0882. The molecular weight excluding hydrogens is 362 g/mol. The second-order valence-corrected chi connectivity index (χ2v) is 8.62. The molecule has 1 aromatic carbocycles. The predicted octanol–water partition coefficient (Wildman–Crippen LogP) is 3.52. The quantitative estimate of drug-likeness (QED) is 0.798. The first-order valence-electron chi connectivity index (χ1n) is 10.9. The third kappa shape index (κ3) is 4.72. The van der Waals surface area contributed by atoms with Crippen LogP contribution in [-0.4, -0.2) is 52.4 Å². The molecule has 1 unspecified atom stereocenters. The van der Waals surface area contributed by atoms with Crippen LogP contribution < -0.4 is 0 Å². The molecule has 29 heavy (non-hydrogen) atoms. The molecule has 0 N–H and O–H groups in total. The summed E-state index contributed by atoms with van der Waals surface area (Å²) in [4.78, 5) is 29.5. The highest BCUT2D eigenvalue weighted by molar-refractivity contribution is 5.81. The van der Waals surface area contributed by atoms with Gasteiger partial charge in [-0.15, -0.1) is 0 Å². The highest BCUT2D eigenvalue weighted by Gasteiger charge is 2.31. The summed E-state index contributed by atoms with van der Waals surface area (Å²) in [5.41, 5.74) is 2.13. The van der Waals surface area contributed by atoms with E-state index in [2.05, 4.69) is 16.4 Å². The zero-order valence-corrected chi connectivity index (χ0v) is 17.3. The van der Waals surface area contributed by atoms with Crippen LogP contribution in [0.1, 0.15) is 38.2 Å². The maximum Gasteiger partial charge on any atom is 0.226 e. The molecule has 2 fully saturated rings. The molecule has 0 saturated carbocycles. The van der Waals surface area contributed by atoms with Crippen LogP contribution >= 0.6 is 0 Å². The number of rotatable bonds is 4. The minimum Gasteiger partial charge on any atom is -0.342 e. The molecule has 2 amide bonds. The number of hydrogen-bond acceptors (Lipinski definition) is 2. The number of carbonyl (C=O) groups is 2. The number of aromatic nitrogens is 1. The number of piperidine rings is 2. The molecule has 1 aromatic heterocycles. The van der Waals surface area contributed by atoms with Gasteiger partial charge >= 0.3 is 0 Å². The van der Waals surface area contributed by atoms with Crippen LogP contribution in [-0.2, 0) is 16.0 Å². The lowest BCUT2D eigenvalue weighted by Crippen LogP contribution is -2.47. The number of carbonyl (C=O) groups excluding carboxylic acids is 2. The van der Waals surface area contributed by atoms with E-state index >= 15 is 0 Å². The van der Waals surface area contributed by atoms with Gasteiger partial charge in [-0.25, -0.2) is 0 Å². The summed E-state index contributed by atoms with van der Waals surface area (Å²) in [6, 6.07) is 12.2. The summed E-state index contributed by atoms with van der Waals surface area (Å²) in [5.74, 6) is 1.17. The monoisotopic (exact) mass is 393 g/mol. The standard InChI is InChI=1S/C24H31N3O2/c1-19-5-4-14-27(18-19)24(29)21-10-15-26(16-11-21)23(28)17-20-6-8-22(9-7-20)25-12-2-3-13-25/h2-3,6-9,12-13,19,21H,4-5,10-11,14-18H2,1H3. The van der Waals surface area contributed by atoms with Crippen molar-refractivity contribution in [1.29, 1.82) is 0 Å². The van der Waals surface area contributed by atoms with E-state index in [1.54, 1.807) is 0 Å². The topological polar surface area (TPSA) is 45.6 Å². The average molecular weight is 394 g/mol. The molecule has 0 radical (unpaired) electrons. The SMILES string of the molecule is CC1CCCN(C(=O)C2CCN(C(=O)Cc3ccc(-n4cccc4)cc3)CC2)C1. The highest BCUT2D eigenvalue weighted by Crippen LogP contribution is 2.24. The first-order chi connectivity index (χ1) is 14.1. The van der Waals surface area contributed by atoms with Gasteiger partial charge in [0.25, 0.3) is 0 Å². The van der Waals surface area contributed by atoms with Crippen molar-refractivity contribution in [3.63, 3.8) is 0 Å². The lowest BCUT2D eigenvalue weighted by atomic mass is 9.92. The van der Waals surface area contributed by atoms with Gasteiger partial charge in [0.05, 0.1) is 6.42 Å². The molecule has 4 rings (SSSR count). The van der Waals surface area contributed by atoms with Gasteiger partial charge in [-0.2, -0.15) is 0 Å². The summed E-state index contributed by atoms with van der Waals surface area (Å²) < 4.78 is 2.05. The Morgan fingerprint density at radius 1 is 0.931 bits per heavy atom. The molecule has 2 aliphatic rings. The van der Waals surface area contributed by atoms with E-state index in [0.29, 0.717) is 31.3 Å². The molecule has 0 aliphatic carbocycles. The molecule has 5 heteroatoms. The molecule has 2 aliphatic heterocycles. The second kappa shape index (κ2) is 8.85. The number of hydrogen-bond donors (Lipinski definition) is 0. The Morgan fingerprint density at radius 3 is 2.28 bits per heavy atom. The number of nitrogens with zero attached hydrogens (tertiary/aromatic N) is 3. The third-order valence-corrected chi connectivity index (χ3v) is 6.36. The molecule has 2 saturated heterocycles. The second-order valence-electron chi connectivity index (χ2n) is 8.62. The summed E-state index contributed by atoms with van der Waals surface area (Å²) >= 11 is 0. The van der Waals surface area contributed by atoms with Crippen LogP contribution in [0, 0.1) is 11.8 Å². The van der Waals surface area contributed by atoms with Crippen molar-refractivity contribution in [2.24, 2.45) is 11.8 Å². The molecule has 3 heterocycles. The Labute approximate surface area is 173 Å². The molecule has 5 nitrogen and oxygen atoms in total. The van der Waals surface area contributed by atoms with Gasteiger partial charge in [0.2, 0.25) is 11.8 Å². The fourth-order valence-corrected chi connectivity index (χ4v) is 4.60. The van der Waals surface area contributed by atoms with Gasteiger partial charge < -0.3 is 14.4 Å². The number of likely N-dealkylation sites (tertiary alicyclic amines) is 2. The van der Waals surface area contributed by atoms with Crippen molar-refractivity contribution in [3.8, 4) is 5.69 Å². The average Bonchev–Trinajstić information content (AvgIpc) is 3.29. The zero-order valence-electron chi connectivity index (χ0n) is 17.3. The van der Waals surface area contributed by atoms with Crippen LogP contribution in [0.3, 0.4) is 0 Å². The van der Waals surface area contributed by atoms with Crippen LogP contribution in [0.2, 0.25) is 0 Å². The normalized spacial score (nSPS) is 20.7. The smallest absolute Gasteiger partial charge is 0.226 e. The fourth-order valence-electron chi connectivity index (χ4n) is 4.60. The van der Waals surface area contributed by atoms with Gasteiger partial charge in [0.1, 0.15) is 0 Å². The molecule has 0 bridgehead atoms. The fraction of sp³-hybridized carbons (Fsp3) is 0.500. The van der Waals surface area contributed by atoms with E-state index in [1.165, 1.54) is 6.42 Å². The van der Waals surface area contributed by atoms with Crippen molar-refractivity contribution in [2.75, 3.05) is 26.2 Å². The third-order valence-electron chi connectivity index (χ3n) is 6.36. The van der Waals surface area contributed by atoms with E-state index in [-0.39, 0.29) is 11.8 Å². The lowest BCUT2D eigenvalue weighted by molar-refractivity contribution is -0.141. The Morgan fingerprint density at radius 2 is 1.62 bits per heavy atom. The van der Waals surface area contributed by atoms with Crippen LogP contribution in [0.5, 0.6) is 0 Å². The molecule has 2 aromatic rings. The summed E-state index contributed by atoms with van der Waals surface area (Å²) in [6.45, 7) is 5.42. The van der Waals surface area contributed by atoms with E-state index < -0.39 is 0 Å². The Balaban J connectivity index is 1.27. The van der Waals surface area contributed by atoms with Crippen LogP contribution in [0.15, 0.2) is 48.8 Å². The van der Waals surface area contributed by atoms with Gasteiger partial charge in [-0.1, -0.05) is 19.1 Å². The molecule has 1 atom stereocenters. The maximum atomic E-state index is 12.8. The lowest BCUT2D eigenvalue weighted by Gasteiger charge is -2.37. The van der Waals surface area contributed by atoms with Crippen molar-refractivity contribution in [2.45, 2.75) is 39.0 Å². The van der Waals surface area contributed by atoms with Crippen LogP contribution in [0.25, 0.3) is 5.69 Å².